The van der Waals surface area contributed by atoms with E-state index in [1.807, 2.05) is 31.2 Å². The normalized spacial score (nSPS) is 15.5. The molecule has 5 aromatic rings. The molecule has 11 heteroatoms. The van der Waals surface area contributed by atoms with E-state index in [2.05, 4.69) is 17.1 Å². The third kappa shape index (κ3) is 7.84. The van der Waals surface area contributed by atoms with Gasteiger partial charge >= 0.3 is 5.91 Å². The fraction of sp³-hybridized carbons (Fsp3) is 0.211. The largest absolute Gasteiger partial charge is 0.507 e. The summed E-state index contributed by atoms with van der Waals surface area (Å²) in [5.74, 6) is -0.776. The third-order valence-electron chi connectivity index (χ3n) is 7.93. The highest BCUT2D eigenvalue weighted by Gasteiger charge is 2.48. The Labute approximate surface area is 292 Å². The molecule has 0 bridgehead atoms. The first-order chi connectivity index (χ1) is 23.8. The van der Waals surface area contributed by atoms with Crippen LogP contribution in [0.2, 0.25) is 0 Å². The zero-order valence-electron chi connectivity index (χ0n) is 27.0. The van der Waals surface area contributed by atoms with Crippen molar-refractivity contribution < 1.29 is 28.6 Å². The van der Waals surface area contributed by atoms with Crippen molar-refractivity contribution in [2.24, 2.45) is 0 Å². The average molecular weight is 696 g/mol. The zero-order chi connectivity index (χ0) is 34.3. The van der Waals surface area contributed by atoms with Gasteiger partial charge in [0.1, 0.15) is 29.7 Å². The summed E-state index contributed by atoms with van der Waals surface area (Å²) in [6.07, 6.45) is 1.90. The maximum Gasteiger partial charge on any atom is 0.301 e. The number of carbonyl (C=O) groups is 2. The Hall–Kier alpha value is -5.00. The fourth-order valence-electron chi connectivity index (χ4n) is 5.37. The molecule has 1 amide bonds. The monoisotopic (exact) mass is 695 g/mol. The first kappa shape index (κ1) is 33.9. The number of nitrogens with zero attached hydrogens (tertiary/aromatic N) is 3. The van der Waals surface area contributed by atoms with E-state index >= 15 is 0 Å². The molecule has 49 heavy (non-hydrogen) atoms. The van der Waals surface area contributed by atoms with Crippen molar-refractivity contribution in [3.8, 4) is 11.5 Å². The van der Waals surface area contributed by atoms with Crippen LogP contribution in [0.5, 0.6) is 11.5 Å². The molecule has 4 aromatic carbocycles. The molecule has 250 valence electrons. The molecular weight excluding hydrogens is 662 g/mol. The molecule has 1 aliphatic rings. The first-order valence-electron chi connectivity index (χ1n) is 15.8. The highest BCUT2D eigenvalue weighted by molar-refractivity contribution is 8.00. The predicted octanol–water partition coefficient (Wildman–Crippen LogP) is 8.66. The SMILES string of the molecule is CCCCOc1ccc(C2C(=C(O)c3ccc(OCc4cccc(C)c4)cc3)C(=O)C(=O)N2c2nnc(SCc3ccccc3F)s2)cc1. The van der Waals surface area contributed by atoms with E-state index in [-0.39, 0.29) is 22.3 Å². The van der Waals surface area contributed by atoms with E-state index in [4.69, 9.17) is 9.47 Å². The number of benzene rings is 4. The first-order valence-corrected chi connectivity index (χ1v) is 17.6. The van der Waals surface area contributed by atoms with Crippen LogP contribution in [0, 0.1) is 12.7 Å². The van der Waals surface area contributed by atoms with Crippen molar-refractivity contribution in [2.75, 3.05) is 11.5 Å². The van der Waals surface area contributed by atoms with Gasteiger partial charge in [-0.3, -0.25) is 14.5 Å². The predicted molar refractivity (Wildman–Crippen MR) is 189 cm³/mol. The highest BCUT2D eigenvalue weighted by Crippen LogP contribution is 2.44. The molecule has 1 fully saturated rings. The van der Waals surface area contributed by atoms with Crippen LogP contribution in [-0.4, -0.2) is 33.6 Å². The van der Waals surface area contributed by atoms with Crippen LogP contribution < -0.4 is 14.4 Å². The van der Waals surface area contributed by atoms with Gasteiger partial charge in [0.25, 0.3) is 5.78 Å². The molecule has 6 rings (SSSR count). The van der Waals surface area contributed by atoms with Gasteiger partial charge in [0.05, 0.1) is 18.2 Å². The Morgan fingerprint density at radius 1 is 0.939 bits per heavy atom. The van der Waals surface area contributed by atoms with Crippen molar-refractivity contribution in [3.63, 3.8) is 0 Å². The Morgan fingerprint density at radius 3 is 2.41 bits per heavy atom. The number of amides is 1. The van der Waals surface area contributed by atoms with Gasteiger partial charge in [0.15, 0.2) is 4.34 Å². The molecule has 0 radical (unpaired) electrons. The molecule has 1 atom stereocenters. The Balaban J connectivity index is 1.30. The van der Waals surface area contributed by atoms with Crippen LogP contribution in [0.25, 0.3) is 5.76 Å². The molecule has 2 heterocycles. The number of aromatic nitrogens is 2. The second-order valence-electron chi connectivity index (χ2n) is 11.5. The summed E-state index contributed by atoms with van der Waals surface area (Å²) < 4.78 is 26.5. The summed E-state index contributed by atoms with van der Waals surface area (Å²) in [7, 11) is 0. The van der Waals surface area contributed by atoms with Crippen LogP contribution in [0.3, 0.4) is 0 Å². The molecule has 1 aliphatic heterocycles. The topological polar surface area (TPSA) is 102 Å². The second-order valence-corrected chi connectivity index (χ2v) is 13.7. The number of thioether (sulfide) groups is 1. The number of hydrogen-bond donors (Lipinski definition) is 1. The average Bonchev–Trinajstić information content (AvgIpc) is 3.69. The Bertz CT molecular complexity index is 1980. The number of aliphatic hydroxyl groups excluding tert-OH is 1. The number of hydrogen-bond acceptors (Lipinski definition) is 9. The van der Waals surface area contributed by atoms with Crippen LogP contribution in [0.4, 0.5) is 9.52 Å². The number of Topliss-reactive ketones (excluding diaryl/α,β-unsaturated/α-hetero) is 1. The molecule has 8 nitrogen and oxygen atoms in total. The summed E-state index contributed by atoms with van der Waals surface area (Å²) in [5, 5.41) is 20.3. The molecule has 1 N–H and O–H groups in total. The van der Waals surface area contributed by atoms with Crippen LogP contribution in [-0.2, 0) is 21.9 Å². The van der Waals surface area contributed by atoms with E-state index in [1.165, 1.54) is 22.7 Å². The number of rotatable bonds is 13. The van der Waals surface area contributed by atoms with Crippen molar-refractivity contribution in [1.29, 1.82) is 0 Å². The minimum Gasteiger partial charge on any atom is -0.507 e. The number of halogens is 1. The van der Waals surface area contributed by atoms with E-state index in [0.717, 1.165) is 35.3 Å². The minimum atomic E-state index is -0.987. The van der Waals surface area contributed by atoms with E-state index in [1.54, 1.807) is 66.7 Å². The van der Waals surface area contributed by atoms with Crippen molar-refractivity contribution in [3.05, 3.63) is 136 Å². The van der Waals surface area contributed by atoms with Crippen molar-refractivity contribution >= 4 is 45.7 Å². The van der Waals surface area contributed by atoms with Crippen molar-refractivity contribution in [1.82, 2.24) is 10.2 Å². The zero-order valence-corrected chi connectivity index (χ0v) is 28.6. The standard InChI is InChI=1S/C38H34FN3O5S2/c1-3-4-20-46-29-16-12-26(13-17-29)33-32(34(43)27-14-18-30(19-15-27)47-22-25-9-7-8-24(2)21-25)35(44)36(45)42(33)37-40-41-38(49-37)48-23-28-10-5-6-11-31(28)39/h5-19,21,33,43H,3-4,20,22-23H2,1-2H3. The molecule has 0 saturated carbocycles. The lowest BCUT2D eigenvalue weighted by Crippen LogP contribution is -2.29. The third-order valence-corrected chi connectivity index (χ3v) is 10.0. The Kier molecular flexibility index (Phi) is 10.7. The number of aliphatic hydroxyl groups is 1. The smallest absolute Gasteiger partial charge is 0.301 e. The number of aryl methyl sites for hydroxylation is 1. The van der Waals surface area contributed by atoms with Gasteiger partial charge in [-0.15, -0.1) is 10.2 Å². The molecule has 0 spiro atoms. The van der Waals surface area contributed by atoms with Crippen LogP contribution in [0.15, 0.2) is 107 Å². The van der Waals surface area contributed by atoms with Gasteiger partial charge in [0, 0.05) is 11.3 Å². The summed E-state index contributed by atoms with van der Waals surface area (Å²) >= 11 is 2.40. The van der Waals surface area contributed by atoms with E-state index < -0.39 is 17.7 Å². The molecule has 1 saturated heterocycles. The van der Waals surface area contributed by atoms with Gasteiger partial charge in [-0.2, -0.15) is 0 Å². The molecule has 0 aliphatic carbocycles. The van der Waals surface area contributed by atoms with Crippen LogP contribution >= 0.6 is 23.1 Å². The van der Waals surface area contributed by atoms with Gasteiger partial charge < -0.3 is 14.6 Å². The summed E-state index contributed by atoms with van der Waals surface area (Å²) in [4.78, 5) is 28.6. The van der Waals surface area contributed by atoms with Crippen molar-refractivity contribution in [2.45, 2.75) is 49.4 Å². The maximum absolute atomic E-state index is 14.2. The minimum absolute atomic E-state index is 0.0751. The summed E-state index contributed by atoms with van der Waals surface area (Å²) in [6.45, 7) is 5.04. The lowest BCUT2D eigenvalue weighted by Gasteiger charge is -2.22. The number of carbonyl (C=O) groups excluding carboxylic acids is 2. The van der Waals surface area contributed by atoms with Gasteiger partial charge in [-0.25, -0.2) is 4.39 Å². The summed E-state index contributed by atoms with van der Waals surface area (Å²) in [5.41, 5.74) is 3.53. The van der Waals surface area contributed by atoms with Gasteiger partial charge in [0.2, 0.25) is 5.13 Å². The lowest BCUT2D eigenvalue weighted by molar-refractivity contribution is -0.132. The van der Waals surface area contributed by atoms with E-state index in [9.17, 15) is 19.1 Å². The fourth-order valence-corrected chi connectivity index (χ4v) is 7.23. The number of unbranched alkanes of at least 4 members (excludes halogenated alkanes) is 1. The second kappa shape index (κ2) is 15.5. The quantitative estimate of drug-likeness (QED) is 0.0326. The highest BCUT2D eigenvalue weighted by atomic mass is 32.2. The summed E-state index contributed by atoms with van der Waals surface area (Å²) in [6, 6.07) is 27.3. The van der Waals surface area contributed by atoms with E-state index in [0.29, 0.717) is 51.5 Å². The molecule has 1 aromatic heterocycles. The Morgan fingerprint density at radius 2 is 1.67 bits per heavy atom. The lowest BCUT2D eigenvalue weighted by atomic mass is 9.95. The van der Waals surface area contributed by atoms with Gasteiger partial charge in [-0.1, -0.05) is 96.6 Å². The number of ketones is 1. The number of anilines is 1. The maximum atomic E-state index is 14.2. The number of ether oxygens (including phenoxy) is 2. The van der Waals surface area contributed by atoms with Crippen LogP contribution in [0.1, 0.15) is 53.6 Å². The molecule has 1 unspecified atom stereocenters. The molecular formula is C38H34FN3O5S2. The van der Waals surface area contributed by atoms with Gasteiger partial charge in [-0.05, 0) is 72.5 Å².